The van der Waals surface area contributed by atoms with Crippen molar-refractivity contribution in [3.05, 3.63) is 40.2 Å². The third-order valence-corrected chi connectivity index (χ3v) is 2.93. The number of hydrogen-bond donors (Lipinski definition) is 3. The monoisotopic (exact) mass is 311 g/mol. The average molecular weight is 312 g/mol. The zero-order valence-electron chi connectivity index (χ0n) is 9.54. The molecule has 0 fully saturated rings. The molecule has 7 heteroatoms. The third-order valence-electron chi connectivity index (χ3n) is 2.28. The van der Waals surface area contributed by atoms with E-state index in [0.717, 1.165) is 5.56 Å². The first-order chi connectivity index (χ1) is 8.60. The third kappa shape index (κ3) is 2.74. The van der Waals surface area contributed by atoms with Crippen molar-refractivity contribution < 1.29 is 4.39 Å². The van der Waals surface area contributed by atoms with E-state index in [1.54, 1.807) is 18.3 Å². The maximum Gasteiger partial charge on any atom is 0.239 e. The highest BCUT2D eigenvalue weighted by molar-refractivity contribution is 9.10. The minimum absolute atomic E-state index is 0.292. The van der Waals surface area contributed by atoms with Gasteiger partial charge in [0.1, 0.15) is 11.6 Å². The number of halogens is 2. The van der Waals surface area contributed by atoms with Gasteiger partial charge >= 0.3 is 0 Å². The van der Waals surface area contributed by atoms with E-state index in [9.17, 15) is 4.39 Å². The number of hydrazine groups is 1. The van der Waals surface area contributed by atoms with Crippen molar-refractivity contribution in [1.29, 1.82) is 0 Å². The Morgan fingerprint density at radius 2 is 2.17 bits per heavy atom. The average Bonchev–Trinajstić information content (AvgIpc) is 2.36. The van der Waals surface area contributed by atoms with Gasteiger partial charge in [0.2, 0.25) is 5.95 Å². The molecule has 18 heavy (non-hydrogen) atoms. The molecule has 2 aromatic rings. The Balaban J connectivity index is 2.30. The lowest BCUT2D eigenvalue weighted by Gasteiger charge is -2.09. The van der Waals surface area contributed by atoms with Crippen LogP contribution in [0.5, 0.6) is 0 Å². The number of nitrogen functional groups attached to an aromatic ring is 1. The van der Waals surface area contributed by atoms with Crippen molar-refractivity contribution in [2.45, 2.75) is 6.92 Å². The molecule has 0 bridgehead atoms. The van der Waals surface area contributed by atoms with Gasteiger partial charge in [-0.25, -0.2) is 15.2 Å². The Labute approximate surface area is 112 Å². The van der Waals surface area contributed by atoms with E-state index in [1.807, 2.05) is 6.92 Å². The molecule has 0 atom stereocenters. The Bertz CT molecular complexity index is 575. The Morgan fingerprint density at radius 3 is 2.83 bits per heavy atom. The number of aromatic nitrogens is 2. The minimum atomic E-state index is -0.344. The molecular weight excluding hydrogens is 301 g/mol. The molecule has 1 aromatic carbocycles. The summed E-state index contributed by atoms with van der Waals surface area (Å²) >= 11 is 3.10. The summed E-state index contributed by atoms with van der Waals surface area (Å²) in [5.74, 6) is 5.75. The summed E-state index contributed by atoms with van der Waals surface area (Å²) in [6.45, 7) is 1.85. The summed E-state index contributed by atoms with van der Waals surface area (Å²) in [7, 11) is 0. The van der Waals surface area contributed by atoms with Crippen LogP contribution in [0.1, 0.15) is 5.56 Å². The van der Waals surface area contributed by atoms with Crippen LogP contribution in [0.15, 0.2) is 28.9 Å². The van der Waals surface area contributed by atoms with Gasteiger partial charge in [0.25, 0.3) is 0 Å². The van der Waals surface area contributed by atoms with Gasteiger partial charge in [0, 0.05) is 17.4 Å². The number of nitrogens with one attached hydrogen (secondary N) is 2. The van der Waals surface area contributed by atoms with E-state index < -0.39 is 0 Å². The molecule has 0 unspecified atom stereocenters. The van der Waals surface area contributed by atoms with Crippen LogP contribution in [0.25, 0.3) is 0 Å². The molecule has 0 aliphatic carbocycles. The van der Waals surface area contributed by atoms with Crippen molar-refractivity contribution in [3.63, 3.8) is 0 Å². The predicted octanol–water partition coefficient (Wildman–Crippen LogP) is 2.72. The van der Waals surface area contributed by atoms with Crippen molar-refractivity contribution in [2.24, 2.45) is 5.84 Å². The molecule has 0 saturated carbocycles. The number of hydrogen-bond acceptors (Lipinski definition) is 5. The quantitative estimate of drug-likeness (QED) is 0.600. The van der Waals surface area contributed by atoms with Gasteiger partial charge < -0.3 is 5.32 Å². The van der Waals surface area contributed by atoms with E-state index in [4.69, 9.17) is 5.84 Å². The number of benzene rings is 1. The van der Waals surface area contributed by atoms with Crippen molar-refractivity contribution in [2.75, 3.05) is 10.7 Å². The second kappa shape index (κ2) is 5.28. The second-order valence-electron chi connectivity index (χ2n) is 3.62. The number of nitrogens with zero attached hydrogens (tertiary/aromatic N) is 2. The summed E-state index contributed by atoms with van der Waals surface area (Å²) in [5, 5.41) is 3.01. The van der Waals surface area contributed by atoms with Crippen LogP contribution in [0.4, 0.5) is 21.8 Å². The molecule has 0 spiro atoms. The van der Waals surface area contributed by atoms with Gasteiger partial charge in [-0.1, -0.05) is 0 Å². The molecule has 0 aliphatic heterocycles. The van der Waals surface area contributed by atoms with Gasteiger partial charge in [0.05, 0.1) is 4.47 Å². The van der Waals surface area contributed by atoms with Gasteiger partial charge in [0.15, 0.2) is 0 Å². The first-order valence-corrected chi connectivity index (χ1v) is 5.92. The number of aryl methyl sites for hydroxylation is 1. The fourth-order valence-electron chi connectivity index (χ4n) is 1.35. The highest BCUT2D eigenvalue weighted by atomic mass is 79.9. The number of nitrogens with two attached hydrogens (primary N) is 1. The normalized spacial score (nSPS) is 10.2. The van der Waals surface area contributed by atoms with Crippen molar-refractivity contribution in [3.8, 4) is 0 Å². The van der Waals surface area contributed by atoms with Crippen LogP contribution in [0.3, 0.4) is 0 Å². The van der Waals surface area contributed by atoms with E-state index in [2.05, 4.69) is 36.6 Å². The zero-order valence-corrected chi connectivity index (χ0v) is 11.1. The van der Waals surface area contributed by atoms with Crippen molar-refractivity contribution in [1.82, 2.24) is 9.97 Å². The number of rotatable bonds is 3. The molecule has 4 N–H and O–H groups in total. The molecule has 0 radical (unpaired) electrons. The van der Waals surface area contributed by atoms with Crippen LogP contribution in [0, 0.1) is 12.7 Å². The SMILES string of the molecule is Cc1cnc(NN)nc1Nc1ccc(Br)c(F)c1. The maximum absolute atomic E-state index is 13.4. The topological polar surface area (TPSA) is 75.9 Å². The summed E-state index contributed by atoms with van der Waals surface area (Å²) < 4.78 is 13.8. The van der Waals surface area contributed by atoms with E-state index >= 15 is 0 Å². The molecule has 0 amide bonds. The lowest BCUT2D eigenvalue weighted by molar-refractivity contribution is 0.622. The summed E-state index contributed by atoms with van der Waals surface area (Å²) in [5.41, 5.74) is 3.79. The Morgan fingerprint density at radius 1 is 1.39 bits per heavy atom. The van der Waals surface area contributed by atoms with E-state index in [0.29, 0.717) is 21.9 Å². The summed E-state index contributed by atoms with van der Waals surface area (Å²) in [4.78, 5) is 8.11. The van der Waals surface area contributed by atoms with Crippen LogP contribution >= 0.6 is 15.9 Å². The molecule has 2 rings (SSSR count). The molecule has 0 aliphatic rings. The predicted molar refractivity (Wildman–Crippen MR) is 72.0 cm³/mol. The van der Waals surface area contributed by atoms with Gasteiger partial charge in [-0.2, -0.15) is 4.98 Å². The van der Waals surface area contributed by atoms with Crippen LogP contribution in [-0.4, -0.2) is 9.97 Å². The van der Waals surface area contributed by atoms with Gasteiger partial charge in [-0.15, -0.1) is 0 Å². The molecular formula is C11H11BrFN5. The van der Waals surface area contributed by atoms with Gasteiger partial charge in [-0.3, -0.25) is 5.43 Å². The molecule has 5 nitrogen and oxygen atoms in total. The largest absolute Gasteiger partial charge is 0.340 e. The first kappa shape index (κ1) is 12.7. The Hall–Kier alpha value is -1.73. The first-order valence-electron chi connectivity index (χ1n) is 5.12. The standard InChI is InChI=1S/C11H11BrFN5/c1-6-5-15-11(18-14)17-10(6)16-7-2-3-8(12)9(13)4-7/h2-5H,14H2,1H3,(H2,15,16,17,18). The van der Waals surface area contributed by atoms with Gasteiger partial charge in [-0.05, 0) is 41.1 Å². The van der Waals surface area contributed by atoms with E-state index in [1.165, 1.54) is 6.07 Å². The van der Waals surface area contributed by atoms with Crippen LogP contribution < -0.4 is 16.6 Å². The highest BCUT2D eigenvalue weighted by Gasteiger charge is 2.05. The second-order valence-corrected chi connectivity index (χ2v) is 4.48. The Kier molecular flexibility index (Phi) is 3.73. The summed E-state index contributed by atoms with van der Waals surface area (Å²) in [6, 6.07) is 4.74. The van der Waals surface area contributed by atoms with E-state index in [-0.39, 0.29) is 5.82 Å². The molecule has 0 saturated heterocycles. The lowest BCUT2D eigenvalue weighted by Crippen LogP contribution is -2.11. The minimum Gasteiger partial charge on any atom is -0.340 e. The highest BCUT2D eigenvalue weighted by Crippen LogP contribution is 2.23. The molecule has 94 valence electrons. The zero-order chi connectivity index (χ0) is 13.1. The van der Waals surface area contributed by atoms with Crippen molar-refractivity contribution >= 4 is 33.4 Å². The van der Waals surface area contributed by atoms with Crippen LogP contribution in [-0.2, 0) is 0 Å². The van der Waals surface area contributed by atoms with Crippen LogP contribution in [0.2, 0.25) is 0 Å². The number of anilines is 3. The fourth-order valence-corrected chi connectivity index (χ4v) is 1.60. The molecule has 1 heterocycles. The lowest BCUT2D eigenvalue weighted by atomic mass is 10.3. The molecule has 1 aromatic heterocycles. The summed E-state index contributed by atoms with van der Waals surface area (Å²) in [6.07, 6.45) is 1.62. The smallest absolute Gasteiger partial charge is 0.239 e. The fraction of sp³-hybridized carbons (Fsp3) is 0.0909. The maximum atomic E-state index is 13.4.